The molecule has 9 nitrogen and oxygen atoms in total. The number of amides is 2. The molecule has 2 aromatic rings. The Bertz CT molecular complexity index is 1170. The van der Waals surface area contributed by atoms with Crippen molar-refractivity contribution in [2.75, 3.05) is 23.9 Å². The first-order valence-electron chi connectivity index (χ1n) is 11.0. The first-order valence-corrected chi connectivity index (χ1v) is 12.8. The van der Waals surface area contributed by atoms with E-state index < -0.39 is 28.5 Å². The molecule has 1 N–H and O–H groups in total. The molecule has 34 heavy (non-hydrogen) atoms. The summed E-state index contributed by atoms with van der Waals surface area (Å²) in [4.78, 5) is 27.7. The Morgan fingerprint density at radius 3 is 2.41 bits per heavy atom. The van der Waals surface area contributed by atoms with Gasteiger partial charge in [0.2, 0.25) is 28.6 Å². The largest absolute Gasteiger partial charge is 0.454 e. The minimum Gasteiger partial charge on any atom is -0.454 e. The molecule has 0 fully saturated rings. The topological polar surface area (TPSA) is 105 Å². The number of nitrogens with zero attached hydrogens (tertiary/aromatic N) is 2. The maximum atomic E-state index is 13.5. The Hall–Kier alpha value is -3.27. The average Bonchev–Trinajstić information content (AvgIpc) is 3.21. The molecule has 0 aliphatic carbocycles. The van der Waals surface area contributed by atoms with E-state index in [4.69, 9.17) is 9.47 Å². The molecule has 1 heterocycles. The molecule has 0 spiro atoms. The van der Waals surface area contributed by atoms with Crippen molar-refractivity contribution < 1.29 is 27.5 Å². The van der Waals surface area contributed by atoms with Crippen LogP contribution in [0, 0.1) is 6.92 Å². The van der Waals surface area contributed by atoms with E-state index in [2.05, 4.69) is 5.32 Å². The highest BCUT2D eigenvalue weighted by molar-refractivity contribution is 7.92. The number of benzene rings is 2. The van der Waals surface area contributed by atoms with Gasteiger partial charge in [0.05, 0.1) is 11.9 Å². The van der Waals surface area contributed by atoms with Crippen LogP contribution in [0.3, 0.4) is 0 Å². The van der Waals surface area contributed by atoms with Crippen LogP contribution in [0.1, 0.15) is 31.9 Å². The van der Waals surface area contributed by atoms with Crippen LogP contribution in [0.25, 0.3) is 0 Å². The summed E-state index contributed by atoms with van der Waals surface area (Å²) in [5.41, 5.74) is 2.13. The van der Waals surface area contributed by atoms with Crippen molar-refractivity contribution in [3.05, 3.63) is 53.6 Å². The van der Waals surface area contributed by atoms with Gasteiger partial charge in [-0.15, -0.1) is 0 Å². The third kappa shape index (κ3) is 6.19. The first kappa shape index (κ1) is 25.4. The summed E-state index contributed by atoms with van der Waals surface area (Å²) in [7, 11) is -3.82. The molecule has 0 aromatic heterocycles. The van der Waals surface area contributed by atoms with Crippen LogP contribution in [0.4, 0.5) is 5.69 Å². The van der Waals surface area contributed by atoms with Crippen LogP contribution in [0.5, 0.6) is 11.5 Å². The summed E-state index contributed by atoms with van der Waals surface area (Å²) in [6.07, 6.45) is 1.03. The minimum absolute atomic E-state index is 0.0450. The van der Waals surface area contributed by atoms with Gasteiger partial charge in [-0.25, -0.2) is 8.42 Å². The normalized spacial score (nSPS) is 13.5. The van der Waals surface area contributed by atoms with Crippen molar-refractivity contribution in [1.82, 2.24) is 10.2 Å². The number of aryl methyl sites for hydroxylation is 1. The summed E-state index contributed by atoms with van der Waals surface area (Å²) >= 11 is 0. The lowest BCUT2D eigenvalue weighted by molar-refractivity contribution is -0.139. The van der Waals surface area contributed by atoms with Gasteiger partial charge in [-0.3, -0.25) is 13.9 Å². The zero-order chi connectivity index (χ0) is 25.0. The van der Waals surface area contributed by atoms with Gasteiger partial charge in [-0.1, -0.05) is 29.8 Å². The van der Waals surface area contributed by atoms with E-state index in [0.29, 0.717) is 11.5 Å². The monoisotopic (exact) mass is 489 g/mol. The Morgan fingerprint density at radius 1 is 1.06 bits per heavy atom. The number of anilines is 1. The molecule has 0 saturated carbocycles. The standard InChI is InChI=1S/C24H31N3O6S/c1-16(2)25-24(29)18(4)26(13-19-8-6-7-17(3)11-19)23(28)14-27(34(5,30)31)20-9-10-21-22(12-20)33-15-32-21/h6-12,16,18H,13-15H2,1-5H3,(H,25,29). The third-order valence-corrected chi connectivity index (χ3v) is 6.50. The molecule has 1 unspecified atom stereocenters. The smallest absolute Gasteiger partial charge is 0.244 e. The van der Waals surface area contributed by atoms with Gasteiger partial charge in [0.25, 0.3) is 0 Å². The Labute approximate surface area is 200 Å². The Kier molecular flexibility index (Phi) is 7.71. The molecular weight excluding hydrogens is 458 g/mol. The maximum Gasteiger partial charge on any atom is 0.244 e. The van der Waals surface area contributed by atoms with E-state index in [9.17, 15) is 18.0 Å². The molecular formula is C24H31N3O6S. The Morgan fingerprint density at radius 2 is 1.76 bits per heavy atom. The lowest BCUT2D eigenvalue weighted by Crippen LogP contribution is -2.52. The molecule has 0 radical (unpaired) electrons. The minimum atomic E-state index is -3.82. The molecule has 184 valence electrons. The summed E-state index contributed by atoms with van der Waals surface area (Å²) in [6.45, 7) is 6.98. The van der Waals surface area contributed by atoms with Gasteiger partial charge in [0, 0.05) is 18.7 Å². The summed E-state index contributed by atoms with van der Waals surface area (Å²) in [5, 5.41) is 2.82. The lowest BCUT2D eigenvalue weighted by Gasteiger charge is -2.32. The van der Waals surface area contributed by atoms with Crippen molar-refractivity contribution in [2.24, 2.45) is 0 Å². The highest BCUT2D eigenvalue weighted by Crippen LogP contribution is 2.36. The van der Waals surface area contributed by atoms with Crippen LogP contribution in [0.2, 0.25) is 0 Å². The lowest BCUT2D eigenvalue weighted by atomic mass is 10.1. The second kappa shape index (κ2) is 10.3. The van der Waals surface area contributed by atoms with Crippen molar-refractivity contribution >= 4 is 27.5 Å². The molecule has 2 aromatic carbocycles. The summed E-state index contributed by atoms with van der Waals surface area (Å²) < 4.78 is 37.0. The van der Waals surface area contributed by atoms with Crippen LogP contribution in [0.15, 0.2) is 42.5 Å². The molecule has 1 aliphatic heterocycles. The quantitative estimate of drug-likeness (QED) is 0.580. The summed E-state index contributed by atoms with van der Waals surface area (Å²) in [6, 6.07) is 11.4. The van der Waals surface area contributed by atoms with Gasteiger partial charge >= 0.3 is 0 Å². The number of rotatable bonds is 9. The molecule has 1 atom stereocenters. The number of fused-ring (bicyclic) bond motifs is 1. The third-order valence-electron chi connectivity index (χ3n) is 5.36. The molecule has 10 heteroatoms. The fourth-order valence-corrected chi connectivity index (χ4v) is 4.49. The SMILES string of the molecule is Cc1cccc(CN(C(=O)CN(c2ccc3c(c2)OCO3)S(C)(=O)=O)C(C)C(=O)NC(C)C)c1. The zero-order valence-corrected chi connectivity index (χ0v) is 20.9. The van der Waals surface area contributed by atoms with E-state index in [1.165, 1.54) is 11.0 Å². The fraction of sp³-hybridized carbons (Fsp3) is 0.417. The fourth-order valence-electron chi connectivity index (χ4n) is 3.65. The number of sulfonamides is 1. The predicted molar refractivity (Wildman–Crippen MR) is 129 cm³/mol. The van der Waals surface area contributed by atoms with E-state index in [1.807, 2.05) is 45.0 Å². The number of nitrogens with one attached hydrogen (secondary N) is 1. The number of hydrogen-bond acceptors (Lipinski definition) is 6. The second-order valence-electron chi connectivity index (χ2n) is 8.66. The summed E-state index contributed by atoms with van der Waals surface area (Å²) in [5.74, 6) is 0.0875. The van der Waals surface area contributed by atoms with Gasteiger partial charge in [0.15, 0.2) is 11.5 Å². The van der Waals surface area contributed by atoms with E-state index in [-0.39, 0.29) is 31.0 Å². The molecule has 2 amide bonds. The van der Waals surface area contributed by atoms with Gasteiger partial charge in [-0.05, 0) is 45.4 Å². The molecule has 1 aliphatic rings. The number of hydrogen-bond donors (Lipinski definition) is 1. The van der Waals surface area contributed by atoms with E-state index in [1.54, 1.807) is 19.1 Å². The van der Waals surface area contributed by atoms with Crippen LogP contribution in [-0.4, -0.2) is 56.8 Å². The zero-order valence-electron chi connectivity index (χ0n) is 20.1. The Balaban J connectivity index is 1.91. The number of carbonyl (C=O) groups is 2. The van der Waals surface area contributed by atoms with Crippen LogP contribution >= 0.6 is 0 Å². The van der Waals surface area contributed by atoms with Crippen molar-refractivity contribution in [1.29, 1.82) is 0 Å². The van der Waals surface area contributed by atoms with Gasteiger partial charge < -0.3 is 19.7 Å². The number of carbonyl (C=O) groups excluding carboxylic acids is 2. The van der Waals surface area contributed by atoms with E-state index in [0.717, 1.165) is 21.7 Å². The van der Waals surface area contributed by atoms with Crippen LogP contribution in [-0.2, 0) is 26.2 Å². The molecule has 3 rings (SSSR count). The molecule has 0 bridgehead atoms. The first-order chi connectivity index (χ1) is 16.0. The van der Waals surface area contributed by atoms with Crippen molar-refractivity contribution in [2.45, 2.75) is 46.3 Å². The maximum absolute atomic E-state index is 13.5. The average molecular weight is 490 g/mol. The van der Waals surface area contributed by atoms with Crippen molar-refractivity contribution in [3.8, 4) is 11.5 Å². The number of ether oxygens (including phenoxy) is 2. The van der Waals surface area contributed by atoms with E-state index >= 15 is 0 Å². The highest BCUT2D eigenvalue weighted by atomic mass is 32.2. The van der Waals surface area contributed by atoms with Crippen molar-refractivity contribution in [3.63, 3.8) is 0 Å². The molecule has 0 saturated heterocycles. The van der Waals surface area contributed by atoms with Gasteiger partial charge in [0.1, 0.15) is 12.6 Å². The second-order valence-corrected chi connectivity index (χ2v) is 10.6. The highest BCUT2D eigenvalue weighted by Gasteiger charge is 2.31. The predicted octanol–water partition coefficient (Wildman–Crippen LogP) is 2.43. The van der Waals surface area contributed by atoms with Crippen LogP contribution < -0.4 is 19.1 Å². The van der Waals surface area contributed by atoms with Gasteiger partial charge in [-0.2, -0.15) is 0 Å².